The van der Waals surface area contributed by atoms with E-state index in [1.165, 1.54) is 13.0 Å². The molecule has 2 heterocycles. The molecule has 0 bridgehead atoms. The van der Waals surface area contributed by atoms with Gasteiger partial charge in [0.15, 0.2) is 0 Å². The molecule has 6 heteroatoms. The summed E-state index contributed by atoms with van der Waals surface area (Å²) in [6, 6.07) is 7.07. The van der Waals surface area contributed by atoms with Crippen LogP contribution in [-0.4, -0.2) is 53.8 Å². The summed E-state index contributed by atoms with van der Waals surface area (Å²) in [6.07, 6.45) is 3.42. The van der Waals surface area contributed by atoms with Crippen molar-refractivity contribution < 1.29 is 14.0 Å². The molecule has 2 atom stereocenters. The largest absolute Gasteiger partial charge is 0.347 e. The van der Waals surface area contributed by atoms with E-state index in [-0.39, 0.29) is 24.2 Å². The van der Waals surface area contributed by atoms with Gasteiger partial charge in [0.1, 0.15) is 5.82 Å². The predicted octanol–water partition coefficient (Wildman–Crippen LogP) is 1.77. The van der Waals surface area contributed by atoms with Gasteiger partial charge in [0, 0.05) is 32.6 Å². The highest BCUT2D eigenvalue weighted by Crippen LogP contribution is 2.31. The van der Waals surface area contributed by atoms with E-state index in [1.807, 2.05) is 11.0 Å². The third kappa shape index (κ3) is 4.57. The predicted molar refractivity (Wildman–Crippen MR) is 93.2 cm³/mol. The van der Waals surface area contributed by atoms with Crippen LogP contribution in [0.5, 0.6) is 0 Å². The smallest absolute Gasteiger partial charge is 0.242 e. The van der Waals surface area contributed by atoms with Crippen molar-refractivity contribution in [3.63, 3.8) is 0 Å². The van der Waals surface area contributed by atoms with Gasteiger partial charge in [0.2, 0.25) is 11.8 Å². The Bertz CT molecular complexity index is 637. The van der Waals surface area contributed by atoms with E-state index in [0.29, 0.717) is 25.0 Å². The molecule has 2 aliphatic heterocycles. The number of likely N-dealkylation sites (tertiary alicyclic amines) is 2. The second-order valence-corrected chi connectivity index (χ2v) is 7.13. The normalized spacial score (nSPS) is 23.8. The van der Waals surface area contributed by atoms with E-state index in [2.05, 4.69) is 10.2 Å². The summed E-state index contributed by atoms with van der Waals surface area (Å²) in [5.74, 6) is 0.0446. The van der Waals surface area contributed by atoms with Crippen molar-refractivity contribution in [1.82, 2.24) is 15.1 Å². The minimum atomic E-state index is -0.206. The van der Waals surface area contributed by atoms with Crippen LogP contribution in [0, 0.1) is 11.7 Å². The van der Waals surface area contributed by atoms with Gasteiger partial charge in [-0.3, -0.25) is 14.5 Å². The Morgan fingerprint density at radius 3 is 2.88 bits per heavy atom. The monoisotopic (exact) mass is 347 g/mol. The van der Waals surface area contributed by atoms with E-state index in [0.717, 1.165) is 37.9 Å². The standard InChI is InChI=1S/C19H26FN3O2/c1-14(24)21-10-19(25)23-12-16-6-2-3-8-22(18(16)13-23)11-15-5-4-7-17(20)9-15/h4-5,7,9,16,18H,2-3,6,8,10-13H2,1H3,(H,21,24)/t16-,18+/m0/s1. The molecule has 136 valence electrons. The van der Waals surface area contributed by atoms with Crippen molar-refractivity contribution in [2.75, 3.05) is 26.2 Å². The van der Waals surface area contributed by atoms with Crippen molar-refractivity contribution in [1.29, 1.82) is 0 Å². The van der Waals surface area contributed by atoms with Crippen molar-refractivity contribution >= 4 is 11.8 Å². The molecule has 5 nitrogen and oxygen atoms in total. The van der Waals surface area contributed by atoms with Crippen LogP contribution in [0.25, 0.3) is 0 Å². The van der Waals surface area contributed by atoms with Crippen LogP contribution in [0.2, 0.25) is 0 Å². The van der Waals surface area contributed by atoms with Crippen LogP contribution in [0.1, 0.15) is 31.7 Å². The average Bonchev–Trinajstić information content (AvgIpc) is 2.91. The Kier molecular flexibility index (Phi) is 5.68. The number of carbonyl (C=O) groups is 2. The Morgan fingerprint density at radius 2 is 2.12 bits per heavy atom. The summed E-state index contributed by atoms with van der Waals surface area (Å²) in [7, 11) is 0. The lowest BCUT2D eigenvalue weighted by molar-refractivity contribution is -0.131. The van der Waals surface area contributed by atoms with Crippen LogP contribution in [0.15, 0.2) is 24.3 Å². The molecule has 0 aromatic heterocycles. The Balaban J connectivity index is 1.66. The minimum absolute atomic E-state index is 0.0195. The molecule has 25 heavy (non-hydrogen) atoms. The molecule has 2 fully saturated rings. The Labute approximate surface area is 148 Å². The second-order valence-electron chi connectivity index (χ2n) is 7.13. The molecular weight excluding hydrogens is 321 g/mol. The van der Waals surface area contributed by atoms with Crippen molar-refractivity contribution in [3.05, 3.63) is 35.6 Å². The van der Waals surface area contributed by atoms with Crippen LogP contribution in [0.4, 0.5) is 4.39 Å². The van der Waals surface area contributed by atoms with E-state index >= 15 is 0 Å². The fourth-order valence-corrected chi connectivity index (χ4v) is 4.02. The lowest BCUT2D eigenvalue weighted by Gasteiger charge is -2.30. The van der Waals surface area contributed by atoms with Crippen molar-refractivity contribution in [2.24, 2.45) is 5.92 Å². The molecule has 0 saturated carbocycles. The average molecular weight is 347 g/mol. The third-order valence-electron chi connectivity index (χ3n) is 5.26. The highest BCUT2D eigenvalue weighted by atomic mass is 19.1. The Hall–Kier alpha value is -1.95. The highest BCUT2D eigenvalue weighted by molar-refractivity contribution is 5.83. The number of amides is 2. The number of rotatable bonds is 4. The Morgan fingerprint density at radius 1 is 1.28 bits per heavy atom. The van der Waals surface area contributed by atoms with Crippen molar-refractivity contribution in [2.45, 2.75) is 38.8 Å². The van der Waals surface area contributed by atoms with Crippen LogP contribution in [0.3, 0.4) is 0 Å². The quantitative estimate of drug-likeness (QED) is 0.903. The van der Waals surface area contributed by atoms with E-state index in [9.17, 15) is 14.0 Å². The zero-order chi connectivity index (χ0) is 17.8. The maximum absolute atomic E-state index is 13.5. The third-order valence-corrected chi connectivity index (χ3v) is 5.26. The fraction of sp³-hybridized carbons (Fsp3) is 0.579. The molecule has 0 unspecified atom stereocenters. The number of benzene rings is 1. The number of halogens is 1. The van der Waals surface area contributed by atoms with Gasteiger partial charge in [-0.2, -0.15) is 0 Å². The topological polar surface area (TPSA) is 52.7 Å². The first-order chi connectivity index (χ1) is 12.0. The van der Waals surface area contributed by atoms with E-state index in [4.69, 9.17) is 0 Å². The van der Waals surface area contributed by atoms with E-state index in [1.54, 1.807) is 12.1 Å². The highest BCUT2D eigenvalue weighted by Gasteiger charge is 2.39. The van der Waals surface area contributed by atoms with Crippen LogP contribution >= 0.6 is 0 Å². The molecule has 3 rings (SSSR count). The molecule has 1 aromatic carbocycles. The molecule has 2 aliphatic rings. The van der Waals surface area contributed by atoms with Gasteiger partial charge in [-0.15, -0.1) is 0 Å². The molecule has 0 spiro atoms. The van der Waals surface area contributed by atoms with Gasteiger partial charge in [-0.1, -0.05) is 18.6 Å². The first-order valence-corrected chi connectivity index (χ1v) is 9.03. The zero-order valence-electron chi connectivity index (χ0n) is 14.7. The summed E-state index contributed by atoms with van der Waals surface area (Å²) in [5.41, 5.74) is 0.976. The maximum atomic E-state index is 13.5. The molecule has 1 N–H and O–H groups in total. The number of fused-ring (bicyclic) bond motifs is 1. The van der Waals surface area contributed by atoms with Gasteiger partial charge in [-0.25, -0.2) is 4.39 Å². The molecule has 2 saturated heterocycles. The number of nitrogens with one attached hydrogen (secondary N) is 1. The molecule has 2 amide bonds. The molecule has 1 aromatic rings. The molecule has 0 radical (unpaired) electrons. The first kappa shape index (κ1) is 17.9. The minimum Gasteiger partial charge on any atom is -0.347 e. The number of nitrogens with zero attached hydrogens (tertiary/aromatic N) is 2. The van der Waals surface area contributed by atoms with Crippen LogP contribution in [-0.2, 0) is 16.1 Å². The lowest BCUT2D eigenvalue weighted by Crippen LogP contribution is -2.42. The maximum Gasteiger partial charge on any atom is 0.242 e. The van der Waals surface area contributed by atoms with Gasteiger partial charge in [-0.05, 0) is 43.0 Å². The van der Waals surface area contributed by atoms with Gasteiger partial charge in [0.25, 0.3) is 0 Å². The summed E-state index contributed by atoms with van der Waals surface area (Å²) in [4.78, 5) is 27.6. The van der Waals surface area contributed by atoms with Crippen LogP contribution < -0.4 is 5.32 Å². The van der Waals surface area contributed by atoms with Crippen molar-refractivity contribution in [3.8, 4) is 0 Å². The van der Waals surface area contributed by atoms with Gasteiger partial charge in [0.05, 0.1) is 6.54 Å². The lowest BCUT2D eigenvalue weighted by atomic mass is 9.98. The SMILES string of the molecule is CC(=O)NCC(=O)N1C[C@@H]2CCCCN(Cc3cccc(F)c3)[C@@H]2C1. The fourth-order valence-electron chi connectivity index (χ4n) is 4.02. The zero-order valence-corrected chi connectivity index (χ0v) is 14.7. The summed E-state index contributed by atoms with van der Waals surface area (Å²) < 4.78 is 13.5. The summed E-state index contributed by atoms with van der Waals surface area (Å²) >= 11 is 0. The van der Waals surface area contributed by atoms with Gasteiger partial charge < -0.3 is 10.2 Å². The molecule has 0 aliphatic carbocycles. The van der Waals surface area contributed by atoms with E-state index < -0.39 is 0 Å². The number of carbonyl (C=O) groups excluding carboxylic acids is 2. The summed E-state index contributed by atoms with van der Waals surface area (Å²) in [5, 5.41) is 2.59. The molecular formula is C19H26FN3O2. The second kappa shape index (κ2) is 7.95. The number of hydrogen-bond acceptors (Lipinski definition) is 3. The van der Waals surface area contributed by atoms with Gasteiger partial charge >= 0.3 is 0 Å². The number of hydrogen-bond donors (Lipinski definition) is 1. The summed E-state index contributed by atoms with van der Waals surface area (Å²) in [6.45, 7) is 4.62. The first-order valence-electron chi connectivity index (χ1n) is 9.03.